The van der Waals surface area contributed by atoms with E-state index in [1.165, 1.54) is 0 Å². The number of hydrogen-bond acceptors (Lipinski definition) is 2. The Morgan fingerprint density at radius 1 is 1.11 bits per heavy atom. The van der Waals surface area contributed by atoms with Crippen molar-refractivity contribution >= 4 is 29.3 Å². The van der Waals surface area contributed by atoms with Crippen molar-refractivity contribution in [1.82, 2.24) is 0 Å². The minimum Gasteiger partial charge on any atom is -0.481 e. The molecule has 0 aliphatic carbocycles. The lowest BCUT2D eigenvalue weighted by atomic mass is 10.1. The SMILES string of the molecule is O=C(O)Cc1ccccc1CSc1cccc(Cl)c1. The molecule has 2 nitrogen and oxygen atoms in total. The van der Waals surface area contributed by atoms with Gasteiger partial charge in [0.2, 0.25) is 0 Å². The van der Waals surface area contributed by atoms with Gasteiger partial charge >= 0.3 is 5.97 Å². The lowest BCUT2D eigenvalue weighted by Gasteiger charge is -2.07. The van der Waals surface area contributed by atoms with Gasteiger partial charge in [0.05, 0.1) is 6.42 Å². The van der Waals surface area contributed by atoms with Crippen LogP contribution in [0.5, 0.6) is 0 Å². The average Bonchev–Trinajstić information content (AvgIpc) is 2.37. The summed E-state index contributed by atoms with van der Waals surface area (Å²) < 4.78 is 0. The zero-order valence-electron chi connectivity index (χ0n) is 10.2. The lowest BCUT2D eigenvalue weighted by molar-refractivity contribution is -0.136. The number of benzene rings is 2. The van der Waals surface area contributed by atoms with Gasteiger partial charge in [0.1, 0.15) is 0 Å². The van der Waals surface area contributed by atoms with Gasteiger partial charge in [-0.25, -0.2) is 0 Å². The van der Waals surface area contributed by atoms with Crippen molar-refractivity contribution < 1.29 is 9.90 Å². The highest BCUT2D eigenvalue weighted by Gasteiger charge is 2.06. The van der Waals surface area contributed by atoms with Gasteiger partial charge in [-0.3, -0.25) is 4.79 Å². The fourth-order valence-corrected chi connectivity index (χ4v) is 3.00. The van der Waals surface area contributed by atoms with Crippen LogP contribution in [0.4, 0.5) is 0 Å². The topological polar surface area (TPSA) is 37.3 Å². The number of rotatable bonds is 5. The molecule has 0 amide bonds. The van der Waals surface area contributed by atoms with Gasteiger partial charge < -0.3 is 5.11 Å². The molecule has 2 aromatic rings. The molecule has 0 heterocycles. The first-order valence-corrected chi connectivity index (χ1v) is 7.18. The van der Waals surface area contributed by atoms with E-state index in [-0.39, 0.29) is 6.42 Å². The van der Waals surface area contributed by atoms with Crippen LogP contribution in [0, 0.1) is 0 Å². The number of carboxylic acids is 1. The molecular formula is C15H13ClO2S. The summed E-state index contributed by atoms with van der Waals surface area (Å²) in [5.74, 6) is -0.0655. The van der Waals surface area contributed by atoms with Crippen LogP contribution in [0.1, 0.15) is 11.1 Å². The van der Waals surface area contributed by atoms with Crippen LogP contribution in [0.2, 0.25) is 5.02 Å². The van der Waals surface area contributed by atoms with E-state index in [2.05, 4.69) is 0 Å². The van der Waals surface area contributed by atoms with Crippen molar-refractivity contribution in [3.8, 4) is 0 Å². The predicted molar refractivity (Wildman–Crippen MR) is 78.8 cm³/mol. The molecule has 2 aromatic carbocycles. The van der Waals surface area contributed by atoms with Crippen LogP contribution in [0.15, 0.2) is 53.4 Å². The highest BCUT2D eigenvalue weighted by atomic mass is 35.5. The quantitative estimate of drug-likeness (QED) is 0.837. The van der Waals surface area contributed by atoms with Crippen LogP contribution >= 0.6 is 23.4 Å². The molecule has 1 N–H and O–H groups in total. The number of carbonyl (C=O) groups is 1. The smallest absolute Gasteiger partial charge is 0.307 e. The minimum absolute atomic E-state index is 0.0618. The molecule has 4 heteroatoms. The Bertz CT molecular complexity index is 584. The summed E-state index contributed by atoms with van der Waals surface area (Å²) in [6, 6.07) is 15.3. The maximum Gasteiger partial charge on any atom is 0.307 e. The normalized spacial score (nSPS) is 10.4. The molecule has 0 bridgehead atoms. The second-order valence-corrected chi connectivity index (χ2v) is 5.57. The molecule has 0 aliphatic heterocycles. The second kappa shape index (κ2) is 6.64. The van der Waals surface area contributed by atoms with Gasteiger partial charge in [0.15, 0.2) is 0 Å². The Labute approximate surface area is 121 Å². The van der Waals surface area contributed by atoms with Gasteiger partial charge in [-0.2, -0.15) is 0 Å². The largest absolute Gasteiger partial charge is 0.481 e. The van der Waals surface area contributed by atoms with E-state index in [1.54, 1.807) is 11.8 Å². The number of carboxylic acid groups (broad SMARTS) is 1. The lowest BCUT2D eigenvalue weighted by Crippen LogP contribution is -2.02. The first kappa shape index (κ1) is 14.0. The van der Waals surface area contributed by atoms with Crippen LogP contribution < -0.4 is 0 Å². The van der Waals surface area contributed by atoms with E-state index in [0.717, 1.165) is 21.8 Å². The van der Waals surface area contributed by atoms with E-state index in [4.69, 9.17) is 16.7 Å². The Balaban J connectivity index is 2.09. The fourth-order valence-electron chi connectivity index (χ4n) is 1.75. The Kier molecular flexibility index (Phi) is 4.88. The Morgan fingerprint density at radius 3 is 2.53 bits per heavy atom. The van der Waals surface area contributed by atoms with Gasteiger partial charge in [0.25, 0.3) is 0 Å². The standard InChI is InChI=1S/C15H13ClO2S/c16-13-6-3-7-14(9-13)19-10-12-5-2-1-4-11(12)8-15(17)18/h1-7,9H,8,10H2,(H,17,18). The van der Waals surface area contributed by atoms with Gasteiger partial charge in [-0.05, 0) is 29.3 Å². The van der Waals surface area contributed by atoms with Gasteiger partial charge in [-0.15, -0.1) is 11.8 Å². The highest BCUT2D eigenvalue weighted by molar-refractivity contribution is 7.98. The number of aliphatic carboxylic acids is 1. The van der Waals surface area contributed by atoms with Crippen LogP contribution in [-0.2, 0) is 17.0 Å². The molecule has 2 rings (SSSR count). The summed E-state index contributed by atoms with van der Waals surface area (Å²) in [5.41, 5.74) is 1.92. The predicted octanol–water partition coefficient (Wildman–Crippen LogP) is 4.26. The third-order valence-corrected chi connectivity index (χ3v) is 3.93. The molecule has 0 fully saturated rings. The maximum absolute atomic E-state index is 10.8. The van der Waals surface area contributed by atoms with Crippen LogP contribution in [0.3, 0.4) is 0 Å². The Hall–Kier alpha value is -1.45. The zero-order valence-corrected chi connectivity index (χ0v) is 11.7. The summed E-state index contributed by atoms with van der Waals surface area (Å²) in [6.45, 7) is 0. The summed E-state index contributed by atoms with van der Waals surface area (Å²) in [6.07, 6.45) is 0.0618. The van der Waals surface area contributed by atoms with Crippen molar-refractivity contribution in [2.24, 2.45) is 0 Å². The van der Waals surface area contributed by atoms with E-state index < -0.39 is 5.97 Å². The van der Waals surface area contributed by atoms with Crippen molar-refractivity contribution in [2.75, 3.05) is 0 Å². The van der Waals surface area contributed by atoms with E-state index in [0.29, 0.717) is 5.02 Å². The van der Waals surface area contributed by atoms with Gasteiger partial charge in [0, 0.05) is 15.7 Å². The molecule has 0 aliphatic rings. The number of thioether (sulfide) groups is 1. The summed E-state index contributed by atoms with van der Waals surface area (Å²) in [4.78, 5) is 11.9. The molecule has 0 saturated heterocycles. The van der Waals surface area contributed by atoms with Crippen LogP contribution in [-0.4, -0.2) is 11.1 Å². The molecule has 0 saturated carbocycles. The summed E-state index contributed by atoms with van der Waals surface area (Å²) >= 11 is 7.59. The summed E-state index contributed by atoms with van der Waals surface area (Å²) in [7, 11) is 0. The molecule has 0 spiro atoms. The Morgan fingerprint density at radius 2 is 1.84 bits per heavy atom. The first-order valence-electron chi connectivity index (χ1n) is 5.82. The second-order valence-electron chi connectivity index (χ2n) is 4.09. The molecule has 0 aromatic heterocycles. The van der Waals surface area contributed by atoms with Crippen molar-refractivity contribution in [3.05, 3.63) is 64.7 Å². The van der Waals surface area contributed by atoms with Crippen LogP contribution in [0.25, 0.3) is 0 Å². The zero-order chi connectivity index (χ0) is 13.7. The molecule has 0 radical (unpaired) electrons. The van der Waals surface area contributed by atoms with Crippen molar-refractivity contribution in [1.29, 1.82) is 0 Å². The maximum atomic E-state index is 10.8. The monoisotopic (exact) mass is 292 g/mol. The van der Waals surface area contributed by atoms with E-state index in [9.17, 15) is 4.79 Å². The number of hydrogen-bond donors (Lipinski definition) is 1. The third-order valence-electron chi connectivity index (χ3n) is 2.65. The summed E-state index contributed by atoms with van der Waals surface area (Å²) in [5, 5.41) is 9.60. The minimum atomic E-state index is -0.805. The van der Waals surface area contributed by atoms with Crippen molar-refractivity contribution in [2.45, 2.75) is 17.1 Å². The van der Waals surface area contributed by atoms with Crippen molar-refractivity contribution in [3.63, 3.8) is 0 Å². The third kappa shape index (κ3) is 4.30. The molecular weight excluding hydrogens is 280 g/mol. The molecule has 0 unspecified atom stereocenters. The first-order chi connectivity index (χ1) is 9.15. The molecule has 0 atom stereocenters. The van der Waals surface area contributed by atoms with E-state index >= 15 is 0 Å². The molecule has 19 heavy (non-hydrogen) atoms. The average molecular weight is 293 g/mol. The molecule has 98 valence electrons. The van der Waals surface area contributed by atoms with E-state index in [1.807, 2.05) is 48.5 Å². The number of halogens is 1. The van der Waals surface area contributed by atoms with Gasteiger partial charge in [-0.1, -0.05) is 41.9 Å². The highest BCUT2D eigenvalue weighted by Crippen LogP contribution is 2.26. The fraction of sp³-hybridized carbons (Fsp3) is 0.133.